The van der Waals surface area contributed by atoms with Gasteiger partial charge in [0, 0.05) is 25.4 Å². The van der Waals surface area contributed by atoms with Gasteiger partial charge in [0.25, 0.3) is 5.91 Å². The zero-order chi connectivity index (χ0) is 13.0. The first-order valence-electron chi connectivity index (χ1n) is 6.57. The van der Waals surface area contributed by atoms with Crippen molar-refractivity contribution in [3.05, 3.63) is 29.6 Å². The summed E-state index contributed by atoms with van der Waals surface area (Å²) in [5.74, 6) is 0.00579. The van der Waals surface area contributed by atoms with Gasteiger partial charge in [-0.05, 0) is 44.2 Å². The van der Waals surface area contributed by atoms with Gasteiger partial charge in [-0.25, -0.2) is 0 Å². The standard InChI is InChI=1S/C14H20N2O2/c1-11-5-3-8-15-13(11)14(18)16(9-4-10-17)12-6-2-7-12/h3,5,8,12,17H,2,4,6-7,9-10H2,1H3. The van der Waals surface area contributed by atoms with Crippen LogP contribution in [-0.4, -0.2) is 40.1 Å². The maximum Gasteiger partial charge on any atom is 0.272 e. The van der Waals surface area contributed by atoms with Crippen LogP contribution in [0, 0.1) is 6.92 Å². The van der Waals surface area contributed by atoms with Crippen molar-refractivity contribution in [3.63, 3.8) is 0 Å². The number of carbonyl (C=O) groups is 1. The molecule has 1 heterocycles. The molecular weight excluding hydrogens is 228 g/mol. The molecule has 1 N–H and O–H groups in total. The van der Waals surface area contributed by atoms with Crippen LogP contribution < -0.4 is 0 Å². The molecule has 0 saturated heterocycles. The first-order valence-corrected chi connectivity index (χ1v) is 6.57. The van der Waals surface area contributed by atoms with E-state index in [1.54, 1.807) is 6.20 Å². The molecule has 1 aliphatic carbocycles. The predicted octanol–water partition coefficient (Wildman–Crippen LogP) is 1.77. The number of aliphatic hydroxyl groups excluding tert-OH is 1. The van der Waals surface area contributed by atoms with Crippen LogP contribution in [0.25, 0.3) is 0 Å². The van der Waals surface area contributed by atoms with Crippen LogP contribution in [0.15, 0.2) is 18.3 Å². The second kappa shape index (κ2) is 5.96. The predicted molar refractivity (Wildman–Crippen MR) is 69.4 cm³/mol. The molecule has 1 aromatic rings. The van der Waals surface area contributed by atoms with E-state index in [4.69, 9.17) is 5.11 Å². The average molecular weight is 248 g/mol. The Morgan fingerprint density at radius 2 is 2.33 bits per heavy atom. The SMILES string of the molecule is Cc1cccnc1C(=O)N(CCCO)C1CCC1. The third-order valence-corrected chi connectivity index (χ3v) is 3.55. The molecular formula is C14H20N2O2. The number of aryl methyl sites for hydroxylation is 1. The topological polar surface area (TPSA) is 53.4 Å². The highest BCUT2D eigenvalue weighted by Gasteiger charge is 2.30. The van der Waals surface area contributed by atoms with Crippen LogP contribution >= 0.6 is 0 Å². The molecule has 0 unspecified atom stereocenters. The fourth-order valence-corrected chi connectivity index (χ4v) is 2.23. The third kappa shape index (κ3) is 2.70. The summed E-state index contributed by atoms with van der Waals surface area (Å²) in [6, 6.07) is 4.09. The smallest absolute Gasteiger partial charge is 0.272 e. The Kier molecular flexibility index (Phi) is 4.31. The van der Waals surface area contributed by atoms with Crippen molar-refractivity contribution in [2.45, 2.75) is 38.6 Å². The highest BCUT2D eigenvalue weighted by atomic mass is 16.3. The van der Waals surface area contributed by atoms with Crippen molar-refractivity contribution in [1.29, 1.82) is 0 Å². The number of pyridine rings is 1. The van der Waals surface area contributed by atoms with Gasteiger partial charge in [-0.15, -0.1) is 0 Å². The van der Waals surface area contributed by atoms with Crippen molar-refractivity contribution in [2.75, 3.05) is 13.2 Å². The maximum atomic E-state index is 12.5. The fraction of sp³-hybridized carbons (Fsp3) is 0.571. The van der Waals surface area contributed by atoms with Crippen LogP contribution in [0.4, 0.5) is 0 Å². The van der Waals surface area contributed by atoms with Gasteiger partial charge < -0.3 is 10.0 Å². The molecule has 1 saturated carbocycles. The molecule has 18 heavy (non-hydrogen) atoms. The van der Waals surface area contributed by atoms with Gasteiger partial charge in [-0.2, -0.15) is 0 Å². The van der Waals surface area contributed by atoms with Crippen LogP contribution in [0.2, 0.25) is 0 Å². The van der Waals surface area contributed by atoms with Gasteiger partial charge in [0.2, 0.25) is 0 Å². The largest absolute Gasteiger partial charge is 0.396 e. The minimum atomic E-state index is 0.00579. The molecule has 1 amide bonds. The molecule has 0 bridgehead atoms. The van der Waals surface area contributed by atoms with Crippen molar-refractivity contribution in [2.24, 2.45) is 0 Å². The van der Waals surface area contributed by atoms with Gasteiger partial charge in [0.1, 0.15) is 5.69 Å². The summed E-state index contributed by atoms with van der Waals surface area (Å²) in [6.45, 7) is 2.65. The Balaban J connectivity index is 2.14. The normalized spacial score (nSPS) is 15.2. The van der Waals surface area contributed by atoms with E-state index >= 15 is 0 Å². The zero-order valence-electron chi connectivity index (χ0n) is 10.8. The van der Waals surface area contributed by atoms with E-state index in [9.17, 15) is 4.79 Å². The summed E-state index contributed by atoms with van der Waals surface area (Å²) in [7, 11) is 0. The summed E-state index contributed by atoms with van der Waals surface area (Å²) in [4.78, 5) is 18.6. The number of rotatable bonds is 5. The summed E-state index contributed by atoms with van der Waals surface area (Å²) in [5, 5.41) is 8.94. The van der Waals surface area contributed by atoms with Crippen LogP contribution in [-0.2, 0) is 0 Å². The van der Waals surface area contributed by atoms with E-state index in [0.717, 1.165) is 18.4 Å². The molecule has 0 atom stereocenters. The van der Waals surface area contributed by atoms with Gasteiger partial charge in [0.15, 0.2) is 0 Å². The lowest BCUT2D eigenvalue weighted by atomic mass is 9.91. The molecule has 1 aliphatic rings. The van der Waals surface area contributed by atoms with Gasteiger partial charge in [0.05, 0.1) is 0 Å². The highest BCUT2D eigenvalue weighted by molar-refractivity contribution is 5.93. The number of carbonyl (C=O) groups excluding carboxylic acids is 1. The monoisotopic (exact) mass is 248 g/mol. The van der Waals surface area contributed by atoms with Gasteiger partial charge in [-0.3, -0.25) is 9.78 Å². The first-order chi connectivity index (χ1) is 8.74. The summed E-state index contributed by atoms with van der Waals surface area (Å²) >= 11 is 0. The van der Waals surface area contributed by atoms with Gasteiger partial charge >= 0.3 is 0 Å². The van der Waals surface area contributed by atoms with Crippen LogP contribution in [0.5, 0.6) is 0 Å². The van der Waals surface area contributed by atoms with Crippen LogP contribution in [0.3, 0.4) is 0 Å². The molecule has 1 fully saturated rings. The van der Waals surface area contributed by atoms with E-state index in [-0.39, 0.29) is 12.5 Å². The molecule has 2 rings (SSSR count). The minimum Gasteiger partial charge on any atom is -0.396 e. The molecule has 4 nitrogen and oxygen atoms in total. The second-order valence-electron chi connectivity index (χ2n) is 4.83. The Bertz CT molecular complexity index is 416. The summed E-state index contributed by atoms with van der Waals surface area (Å²) < 4.78 is 0. The lowest BCUT2D eigenvalue weighted by molar-refractivity contribution is 0.0555. The van der Waals surface area contributed by atoms with Crippen molar-refractivity contribution < 1.29 is 9.90 Å². The Morgan fingerprint density at radius 3 is 2.89 bits per heavy atom. The summed E-state index contributed by atoms with van der Waals surface area (Å²) in [6.07, 6.45) is 5.63. The third-order valence-electron chi connectivity index (χ3n) is 3.55. The Hall–Kier alpha value is -1.42. The average Bonchev–Trinajstić information content (AvgIpc) is 2.32. The van der Waals surface area contributed by atoms with Crippen molar-refractivity contribution in [1.82, 2.24) is 9.88 Å². The molecule has 0 radical (unpaired) electrons. The molecule has 4 heteroatoms. The number of nitrogens with zero attached hydrogens (tertiary/aromatic N) is 2. The molecule has 0 aromatic carbocycles. The summed E-state index contributed by atoms with van der Waals surface area (Å²) in [5.41, 5.74) is 1.46. The second-order valence-corrected chi connectivity index (χ2v) is 4.83. The van der Waals surface area contributed by atoms with E-state index in [2.05, 4.69) is 4.98 Å². The molecule has 0 spiro atoms. The number of hydrogen-bond acceptors (Lipinski definition) is 3. The quantitative estimate of drug-likeness (QED) is 0.864. The number of hydrogen-bond donors (Lipinski definition) is 1. The number of aliphatic hydroxyl groups is 1. The van der Waals surface area contributed by atoms with Gasteiger partial charge in [-0.1, -0.05) is 6.07 Å². The van der Waals surface area contributed by atoms with E-state index in [1.807, 2.05) is 24.0 Å². The lowest BCUT2D eigenvalue weighted by Crippen LogP contribution is -2.45. The van der Waals surface area contributed by atoms with E-state index < -0.39 is 0 Å². The molecule has 0 aliphatic heterocycles. The number of aromatic nitrogens is 1. The van der Waals surface area contributed by atoms with E-state index in [0.29, 0.717) is 24.7 Å². The fourth-order valence-electron chi connectivity index (χ4n) is 2.23. The lowest BCUT2D eigenvalue weighted by Gasteiger charge is -2.37. The molecule has 98 valence electrons. The number of amides is 1. The van der Waals surface area contributed by atoms with Crippen LogP contribution in [0.1, 0.15) is 41.7 Å². The van der Waals surface area contributed by atoms with E-state index in [1.165, 1.54) is 6.42 Å². The maximum absolute atomic E-state index is 12.5. The Morgan fingerprint density at radius 1 is 1.56 bits per heavy atom. The van der Waals surface area contributed by atoms with Crippen molar-refractivity contribution >= 4 is 5.91 Å². The first kappa shape index (κ1) is 13.0. The van der Waals surface area contributed by atoms with Crippen molar-refractivity contribution in [3.8, 4) is 0 Å². The minimum absolute atomic E-state index is 0.00579. The molecule has 1 aromatic heterocycles. The zero-order valence-corrected chi connectivity index (χ0v) is 10.8. The Labute approximate surface area is 108 Å². The highest BCUT2D eigenvalue weighted by Crippen LogP contribution is 2.26.